The van der Waals surface area contributed by atoms with E-state index in [0.717, 1.165) is 29.2 Å². The van der Waals surface area contributed by atoms with E-state index in [9.17, 15) is 9.59 Å². The lowest BCUT2D eigenvalue weighted by molar-refractivity contribution is -0.115. The van der Waals surface area contributed by atoms with E-state index in [2.05, 4.69) is 17.6 Å². The van der Waals surface area contributed by atoms with Gasteiger partial charge in [0.05, 0.1) is 5.69 Å². The van der Waals surface area contributed by atoms with E-state index in [1.807, 2.05) is 12.1 Å². The summed E-state index contributed by atoms with van der Waals surface area (Å²) in [5, 5.41) is 5.79. The van der Waals surface area contributed by atoms with Gasteiger partial charge in [-0.3, -0.25) is 9.59 Å². The molecule has 0 aromatic heterocycles. The second-order valence-corrected chi connectivity index (χ2v) is 6.31. The molecule has 0 atom stereocenters. The molecule has 0 fully saturated rings. The Morgan fingerprint density at radius 1 is 1.33 bits per heavy atom. The van der Waals surface area contributed by atoms with Gasteiger partial charge in [0, 0.05) is 29.2 Å². The van der Waals surface area contributed by atoms with Gasteiger partial charge in [0.1, 0.15) is 0 Å². The first-order valence-corrected chi connectivity index (χ1v) is 8.54. The zero-order valence-corrected chi connectivity index (χ0v) is 13.2. The van der Waals surface area contributed by atoms with Crippen LogP contribution in [0.3, 0.4) is 0 Å². The highest BCUT2D eigenvalue weighted by atomic mass is 32.2. The number of amides is 2. The molecule has 1 heterocycles. The monoisotopic (exact) mass is 306 g/mol. The summed E-state index contributed by atoms with van der Waals surface area (Å²) in [4.78, 5) is 24.7. The van der Waals surface area contributed by atoms with Crippen molar-refractivity contribution < 1.29 is 9.59 Å². The number of hydrogen-bond acceptors (Lipinski definition) is 3. The summed E-state index contributed by atoms with van der Waals surface area (Å²) in [5.74, 6) is 0.720. The highest BCUT2D eigenvalue weighted by molar-refractivity contribution is 7.99. The van der Waals surface area contributed by atoms with Crippen molar-refractivity contribution in [1.82, 2.24) is 5.32 Å². The molecule has 0 saturated carbocycles. The number of rotatable bonds is 6. The topological polar surface area (TPSA) is 58.2 Å². The van der Waals surface area contributed by atoms with E-state index >= 15 is 0 Å². The van der Waals surface area contributed by atoms with Crippen molar-refractivity contribution in [3.63, 3.8) is 0 Å². The van der Waals surface area contributed by atoms with E-state index < -0.39 is 0 Å². The van der Waals surface area contributed by atoms with Crippen LogP contribution in [0.25, 0.3) is 0 Å². The molecule has 1 aromatic carbocycles. The van der Waals surface area contributed by atoms with Crippen molar-refractivity contribution in [3.8, 4) is 0 Å². The number of benzene rings is 1. The molecule has 0 aliphatic carbocycles. The van der Waals surface area contributed by atoms with Gasteiger partial charge < -0.3 is 10.6 Å². The molecule has 2 amide bonds. The molecule has 2 N–H and O–H groups in total. The predicted molar refractivity (Wildman–Crippen MR) is 86.9 cm³/mol. The molecule has 4 nitrogen and oxygen atoms in total. The van der Waals surface area contributed by atoms with E-state index in [0.29, 0.717) is 18.5 Å². The lowest BCUT2D eigenvalue weighted by Gasteiger charge is -2.09. The Kier molecular flexibility index (Phi) is 6.11. The van der Waals surface area contributed by atoms with Crippen LogP contribution < -0.4 is 10.6 Å². The van der Waals surface area contributed by atoms with Crippen molar-refractivity contribution >= 4 is 29.3 Å². The fourth-order valence-corrected chi connectivity index (χ4v) is 3.15. The maximum absolute atomic E-state index is 12.1. The Hall–Kier alpha value is -1.49. The molecule has 0 radical (unpaired) electrons. The molecule has 1 aromatic rings. The molecule has 0 spiro atoms. The third-order valence-corrected chi connectivity index (χ3v) is 4.49. The lowest BCUT2D eigenvalue weighted by Crippen LogP contribution is -2.24. The highest BCUT2D eigenvalue weighted by Gasteiger charge is 2.15. The van der Waals surface area contributed by atoms with Gasteiger partial charge in [0.15, 0.2) is 0 Å². The molecular formula is C16H22N2O2S. The normalized spacial score (nSPS) is 14.0. The van der Waals surface area contributed by atoms with Crippen LogP contribution in [0, 0.1) is 0 Å². The third kappa shape index (κ3) is 4.77. The van der Waals surface area contributed by atoms with Crippen LogP contribution in [0.15, 0.2) is 23.1 Å². The van der Waals surface area contributed by atoms with Crippen LogP contribution >= 0.6 is 11.8 Å². The quantitative estimate of drug-likeness (QED) is 0.792. The summed E-state index contributed by atoms with van der Waals surface area (Å²) in [6.45, 7) is 2.87. The van der Waals surface area contributed by atoms with E-state index in [1.165, 1.54) is 12.8 Å². The second-order valence-electron chi connectivity index (χ2n) is 5.17. The number of thioether (sulfide) groups is 1. The zero-order valence-electron chi connectivity index (χ0n) is 12.4. The largest absolute Gasteiger partial charge is 0.352 e. The number of carbonyl (C=O) groups excluding carboxylic acids is 2. The van der Waals surface area contributed by atoms with E-state index in [1.54, 1.807) is 17.8 Å². The average molecular weight is 306 g/mol. The Morgan fingerprint density at radius 3 is 3.00 bits per heavy atom. The van der Waals surface area contributed by atoms with Gasteiger partial charge in [-0.25, -0.2) is 0 Å². The van der Waals surface area contributed by atoms with E-state index in [4.69, 9.17) is 0 Å². The molecule has 114 valence electrons. The van der Waals surface area contributed by atoms with Crippen molar-refractivity contribution in [2.75, 3.05) is 17.6 Å². The fourth-order valence-electron chi connectivity index (χ4n) is 2.22. The number of nitrogens with one attached hydrogen (secondary N) is 2. The standard InChI is InChI=1S/C16H22N2O2S/c1-2-3-4-5-9-17-16(20)12-6-7-14-13(11-12)18-15(19)8-10-21-14/h6-7,11H,2-5,8-10H2,1H3,(H,17,20)(H,18,19). The molecule has 2 rings (SSSR count). The molecule has 0 unspecified atom stereocenters. The summed E-state index contributed by atoms with van der Waals surface area (Å²) in [5.41, 5.74) is 1.35. The van der Waals surface area contributed by atoms with Gasteiger partial charge in [-0.1, -0.05) is 26.2 Å². The Bertz CT molecular complexity index is 517. The minimum atomic E-state index is -0.0715. The van der Waals surface area contributed by atoms with Crippen molar-refractivity contribution in [2.24, 2.45) is 0 Å². The third-order valence-electron chi connectivity index (χ3n) is 3.42. The number of carbonyl (C=O) groups is 2. The SMILES string of the molecule is CCCCCCNC(=O)c1ccc2c(c1)NC(=O)CCS2. The van der Waals surface area contributed by atoms with Crippen molar-refractivity contribution in [3.05, 3.63) is 23.8 Å². The van der Waals surface area contributed by atoms with Crippen LogP contribution in [-0.4, -0.2) is 24.1 Å². The van der Waals surface area contributed by atoms with Gasteiger partial charge >= 0.3 is 0 Å². The molecule has 0 bridgehead atoms. The molecular weight excluding hydrogens is 284 g/mol. The van der Waals surface area contributed by atoms with Crippen molar-refractivity contribution in [1.29, 1.82) is 0 Å². The van der Waals surface area contributed by atoms with Gasteiger partial charge in [0.2, 0.25) is 5.91 Å². The summed E-state index contributed by atoms with van der Waals surface area (Å²) < 4.78 is 0. The number of unbranched alkanes of at least 4 members (excludes halogenated alkanes) is 3. The summed E-state index contributed by atoms with van der Waals surface area (Å²) in [7, 11) is 0. The lowest BCUT2D eigenvalue weighted by atomic mass is 10.1. The first-order chi connectivity index (χ1) is 10.2. The first-order valence-electron chi connectivity index (χ1n) is 7.55. The minimum Gasteiger partial charge on any atom is -0.352 e. The smallest absolute Gasteiger partial charge is 0.251 e. The fraction of sp³-hybridized carbons (Fsp3) is 0.500. The summed E-state index contributed by atoms with van der Waals surface area (Å²) >= 11 is 1.65. The van der Waals surface area contributed by atoms with Crippen LogP contribution in [0.4, 0.5) is 5.69 Å². The van der Waals surface area contributed by atoms with Gasteiger partial charge in [0.25, 0.3) is 5.91 Å². The molecule has 21 heavy (non-hydrogen) atoms. The first kappa shape index (κ1) is 15.9. The average Bonchev–Trinajstić information content (AvgIpc) is 2.66. The maximum atomic E-state index is 12.1. The second kappa shape index (κ2) is 8.08. The van der Waals surface area contributed by atoms with Crippen LogP contribution in [0.5, 0.6) is 0 Å². The number of fused-ring (bicyclic) bond motifs is 1. The van der Waals surface area contributed by atoms with Gasteiger partial charge in [-0.2, -0.15) is 0 Å². The maximum Gasteiger partial charge on any atom is 0.251 e. The van der Waals surface area contributed by atoms with Gasteiger partial charge in [-0.15, -0.1) is 11.8 Å². The molecule has 1 aliphatic heterocycles. The van der Waals surface area contributed by atoms with E-state index in [-0.39, 0.29) is 11.8 Å². The van der Waals surface area contributed by atoms with Gasteiger partial charge in [-0.05, 0) is 24.6 Å². The minimum absolute atomic E-state index is 0.0124. The van der Waals surface area contributed by atoms with Crippen LogP contribution in [0.1, 0.15) is 49.4 Å². The Labute approximate surface area is 130 Å². The van der Waals surface area contributed by atoms with Crippen LogP contribution in [-0.2, 0) is 4.79 Å². The molecule has 1 aliphatic rings. The number of hydrogen-bond donors (Lipinski definition) is 2. The predicted octanol–water partition coefficient (Wildman–Crippen LogP) is 3.43. The zero-order chi connectivity index (χ0) is 15.1. The van der Waals surface area contributed by atoms with Crippen molar-refractivity contribution in [2.45, 2.75) is 43.9 Å². The summed E-state index contributed by atoms with van der Waals surface area (Å²) in [6.07, 6.45) is 5.07. The Balaban J connectivity index is 1.94. The molecule has 0 saturated heterocycles. The van der Waals surface area contributed by atoms with Crippen LogP contribution in [0.2, 0.25) is 0 Å². The Morgan fingerprint density at radius 2 is 2.19 bits per heavy atom. The molecule has 5 heteroatoms. The number of anilines is 1. The summed E-state index contributed by atoms with van der Waals surface area (Å²) in [6, 6.07) is 5.51. The highest BCUT2D eigenvalue weighted by Crippen LogP contribution is 2.31.